The van der Waals surface area contributed by atoms with Crippen LogP contribution in [0.1, 0.15) is 44.1 Å². The highest BCUT2D eigenvalue weighted by atomic mass is 16.1. The summed E-state index contributed by atoms with van der Waals surface area (Å²) in [5.74, 6) is 1.70. The standard InChI is InChI=1S/C18H23N3O2/c22-16(21-17(12-5-6-12)13-7-8-13)3-1-2-11-4-9-14-15(10-11)20-18(23)19-14/h4,9-10,12-13,17H,1-3,5-8H2,(H,21,22)(H2,19,20,23). The lowest BCUT2D eigenvalue weighted by atomic mass is 10.1. The van der Waals surface area contributed by atoms with Gasteiger partial charge in [0, 0.05) is 12.5 Å². The summed E-state index contributed by atoms with van der Waals surface area (Å²) >= 11 is 0. The van der Waals surface area contributed by atoms with Crippen LogP contribution >= 0.6 is 0 Å². The summed E-state index contributed by atoms with van der Waals surface area (Å²) in [6.07, 6.45) is 7.43. The summed E-state index contributed by atoms with van der Waals surface area (Å²) in [5, 5.41) is 3.27. The molecule has 5 nitrogen and oxygen atoms in total. The molecule has 2 saturated carbocycles. The molecule has 2 aliphatic carbocycles. The van der Waals surface area contributed by atoms with E-state index in [4.69, 9.17) is 0 Å². The normalized spacial score (nSPS) is 17.8. The highest BCUT2D eigenvalue weighted by Crippen LogP contribution is 2.44. The first-order valence-corrected chi connectivity index (χ1v) is 8.69. The largest absolute Gasteiger partial charge is 0.353 e. The fraction of sp³-hybridized carbons (Fsp3) is 0.556. The molecule has 0 bridgehead atoms. The van der Waals surface area contributed by atoms with Crippen LogP contribution in [-0.2, 0) is 11.2 Å². The summed E-state index contributed by atoms with van der Waals surface area (Å²) in [5.41, 5.74) is 2.64. The number of hydrogen-bond acceptors (Lipinski definition) is 2. The number of fused-ring (bicyclic) bond motifs is 1. The lowest BCUT2D eigenvalue weighted by Crippen LogP contribution is -2.37. The second-order valence-electron chi connectivity index (χ2n) is 7.08. The first-order chi connectivity index (χ1) is 11.2. The van der Waals surface area contributed by atoms with E-state index >= 15 is 0 Å². The Hall–Kier alpha value is -2.04. The number of hydrogen-bond donors (Lipinski definition) is 3. The third-order valence-electron chi connectivity index (χ3n) is 5.04. The first kappa shape index (κ1) is 14.5. The number of aromatic nitrogens is 2. The van der Waals surface area contributed by atoms with Gasteiger partial charge in [-0.3, -0.25) is 4.79 Å². The number of rotatable bonds is 7. The van der Waals surface area contributed by atoms with Gasteiger partial charge >= 0.3 is 5.69 Å². The van der Waals surface area contributed by atoms with Gasteiger partial charge in [0.1, 0.15) is 0 Å². The molecule has 2 fully saturated rings. The zero-order valence-corrected chi connectivity index (χ0v) is 13.2. The van der Waals surface area contributed by atoms with Gasteiger partial charge < -0.3 is 15.3 Å². The van der Waals surface area contributed by atoms with E-state index in [1.165, 1.54) is 25.7 Å². The Kier molecular flexibility index (Phi) is 3.71. The van der Waals surface area contributed by atoms with Crippen molar-refractivity contribution < 1.29 is 4.79 Å². The molecule has 4 rings (SSSR count). The Morgan fingerprint density at radius 2 is 1.83 bits per heavy atom. The minimum Gasteiger partial charge on any atom is -0.353 e. The SMILES string of the molecule is O=C(CCCc1ccc2[nH]c(=O)[nH]c2c1)NC(C1CC1)C1CC1. The molecule has 122 valence electrons. The third-order valence-corrected chi connectivity index (χ3v) is 5.04. The van der Waals surface area contributed by atoms with Gasteiger partial charge in [0.15, 0.2) is 0 Å². The molecule has 2 aliphatic rings. The van der Waals surface area contributed by atoms with E-state index in [0.717, 1.165) is 41.3 Å². The Morgan fingerprint density at radius 1 is 1.13 bits per heavy atom. The van der Waals surface area contributed by atoms with Gasteiger partial charge in [-0.05, 0) is 68.1 Å². The van der Waals surface area contributed by atoms with E-state index in [1.807, 2.05) is 18.2 Å². The highest BCUT2D eigenvalue weighted by molar-refractivity contribution is 5.77. The maximum atomic E-state index is 12.2. The van der Waals surface area contributed by atoms with Gasteiger partial charge in [0.25, 0.3) is 0 Å². The van der Waals surface area contributed by atoms with Crippen LogP contribution in [0.15, 0.2) is 23.0 Å². The second kappa shape index (κ2) is 5.87. The zero-order chi connectivity index (χ0) is 15.8. The molecule has 0 unspecified atom stereocenters. The van der Waals surface area contributed by atoms with Crippen LogP contribution in [0.2, 0.25) is 0 Å². The highest BCUT2D eigenvalue weighted by Gasteiger charge is 2.41. The van der Waals surface area contributed by atoms with Gasteiger partial charge in [-0.2, -0.15) is 0 Å². The van der Waals surface area contributed by atoms with E-state index in [2.05, 4.69) is 15.3 Å². The van der Waals surface area contributed by atoms with E-state index < -0.39 is 0 Å². The monoisotopic (exact) mass is 313 g/mol. The third kappa shape index (κ3) is 3.49. The number of H-pyrrole nitrogens is 2. The van der Waals surface area contributed by atoms with E-state index in [-0.39, 0.29) is 11.6 Å². The minimum atomic E-state index is -0.178. The molecule has 1 aromatic carbocycles. The number of imidazole rings is 1. The number of carbonyl (C=O) groups excluding carboxylic acids is 1. The molecule has 1 heterocycles. The summed E-state index contributed by atoms with van der Waals surface area (Å²) in [7, 11) is 0. The van der Waals surface area contributed by atoms with Crippen LogP contribution in [0, 0.1) is 11.8 Å². The topological polar surface area (TPSA) is 77.8 Å². The van der Waals surface area contributed by atoms with Crippen molar-refractivity contribution >= 4 is 16.9 Å². The van der Waals surface area contributed by atoms with Crippen LogP contribution in [-0.4, -0.2) is 21.9 Å². The fourth-order valence-electron chi connectivity index (χ4n) is 3.48. The zero-order valence-electron chi connectivity index (χ0n) is 13.2. The molecule has 1 aromatic heterocycles. The summed E-state index contributed by atoms with van der Waals surface area (Å²) in [4.78, 5) is 28.9. The van der Waals surface area contributed by atoms with Gasteiger partial charge in [-0.1, -0.05) is 6.07 Å². The predicted octanol–water partition coefficient (Wildman–Crippen LogP) is 2.48. The van der Waals surface area contributed by atoms with E-state index in [0.29, 0.717) is 12.5 Å². The van der Waals surface area contributed by atoms with Gasteiger partial charge in [-0.25, -0.2) is 4.79 Å². The fourth-order valence-corrected chi connectivity index (χ4v) is 3.48. The molecule has 1 amide bonds. The van der Waals surface area contributed by atoms with Crippen LogP contribution < -0.4 is 11.0 Å². The average molecular weight is 313 g/mol. The van der Waals surface area contributed by atoms with Crippen molar-refractivity contribution in [2.75, 3.05) is 0 Å². The summed E-state index contributed by atoms with van der Waals surface area (Å²) in [6, 6.07) is 6.37. The van der Waals surface area contributed by atoms with Gasteiger partial charge in [0.2, 0.25) is 5.91 Å². The summed E-state index contributed by atoms with van der Waals surface area (Å²) in [6.45, 7) is 0. The lowest BCUT2D eigenvalue weighted by Gasteiger charge is -2.17. The molecular formula is C18H23N3O2. The minimum absolute atomic E-state index is 0.178. The molecule has 3 N–H and O–H groups in total. The van der Waals surface area contributed by atoms with Crippen molar-refractivity contribution in [2.45, 2.75) is 51.0 Å². The Balaban J connectivity index is 1.28. The Bertz CT molecular complexity index is 756. The van der Waals surface area contributed by atoms with Gasteiger partial charge in [0.05, 0.1) is 11.0 Å². The maximum absolute atomic E-state index is 12.2. The number of benzene rings is 1. The van der Waals surface area contributed by atoms with Crippen LogP contribution in [0.4, 0.5) is 0 Å². The average Bonchev–Trinajstić information content (AvgIpc) is 3.42. The maximum Gasteiger partial charge on any atom is 0.323 e. The molecule has 2 aromatic rings. The Labute approximate surface area is 134 Å². The molecule has 0 saturated heterocycles. The quantitative estimate of drug-likeness (QED) is 0.734. The smallest absolute Gasteiger partial charge is 0.323 e. The van der Waals surface area contributed by atoms with Crippen LogP contribution in [0.3, 0.4) is 0 Å². The Morgan fingerprint density at radius 3 is 2.52 bits per heavy atom. The van der Waals surface area contributed by atoms with Crippen LogP contribution in [0.5, 0.6) is 0 Å². The van der Waals surface area contributed by atoms with Crippen molar-refractivity contribution in [2.24, 2.45) is 11.8 Å². The van der Waals surface area contributed by atoms with Crippen LogP contribution in [0.25, 0.3) is 11.0 Å². The van der Waals surface area contributed by atoms with Gasteiger partial charge in [-0.15, -0.1) is 0 Å². The van der Waals surface area contributed by atoms with Crippen molar-refractivity contribution in [3.8, 4) is 0 Å². The van der Waals surface area contributed by atoms with Crippen molar-refractivity contribution in [1.29, 1.82) is 0 Å². The molecule has 0 radical (unpaired) electrons. The number of aromatic amines is 2. The predicted molar refractivity (Wildman–Crippen MR) is 89.2 cm³/mol. The molecule has 5 heteroatoms. The number of amides is 1. The van der Waals surface area contributed by atoms with Crippen molar-refractivity contribution in [3.05, 3.63) is 34.2 Å². The first-order valence-electron chi connectivity index (χ1n) is 8.69. The molecule has 23 heavy (non-hydrogen) atoms. The number of aryl methyl sites for hydroxylation is 1. The summed E-state index contributed by atoms with van der Waals surface area (Å²) < 4.78 is 0. The van der Waals surface area contributed by atoms with Crippen molar-refractivity contribution in [1.82, 2.24) is 15.3 Å². The van der Waals surface area contributed by atoms with E-state index in [1.54, 1.807) is 0 Å². The molecular weight excluding hydrogens is 290 g/mol. The molecule has 0 atom stereocenters. The second-order valence-corrected chi connectivity index (χ2v) is 7.08. The number of carbonyl (C=O) groups is 1. The molecule has 0 spiro atoms. The molecule has 0 aliphatic heterocycles. The van der Waals surface area contributed by atoms with E-state index in [9.17, 15) is 9.59 Å². The lowest BCUT2D eigenvalue weighted by molar-refractivity contribution is -0.122. The van der Waals surface area contributed by atoms with Crippen molar-refractivity contribution in [3.63, 3.8) is 0 Å². The number of nitrogens with one attached hydrogen (secondary N) is 3.